The van der Waals surface area contributed by atoms with Gasteiger partial charge in [0.1, 0.15) is 0 Å². The van der Waals surface area contributed by atoms with Gasteiger partial charge in [0.25, 0.3) is 0 Å². The molecule has 160 valence electrons. The topological polar surface area (TPSA) is 83.4 Å². The third-order valence-corrected chi connectivity index (χ3v) is 4.59. The lowest BCUT2D eigenvalue weighted by molar-refractivity contribution is 0.00286. The maximum absolute atomic E-state index is 9.78. The van der Waals surface area contributed by atoms with Gasteiger partial charge in [0.05, 0.1) is 38.6 Å². The lowest BCUT2D eigenvalue weighted by atomic mass is 10.4. The Labute approximate surface area is 163 Å². The van der Waals surface area contributed by atoms with Crippen LogP contribution in [0.1, 0.15) is 19.8 Å². The first-order valence-corrected chi connectivity index (χ1v) is 10.3. The van der Waals surface area contributed by atoms with Crippen LogP contribution in [0.3, 0.4) is 0 Å². The summed E-state index contributed by atoms with van der Waals surface area (Å²) in [5.41, 5.74) is 0. The molecule has 0 amide bonds. The minimum absolute atomic E-state index is 0.381. The fraction of sp³-hybridized carbons (Fsp3) is 1.00. The average molecular weight is 391 g/mol. The number of aliphatic hydroxyl groups excluding tert-OH is 2. The van der Waals surface area contributed by atoms with Crippen LogP contribution >= 0.6 is 0 Å². The SMILES string of the molecule is CC1CN1CC(O)COCCCOCCOCCCOCC(O)CN1CC1. The average Bonchev–Trinajstić information content (AvgIpc) is 3.55. The Hall–Kier alpha value is -0.320. The number of aliphatic hydroxyl groups is 2. The molecule has 2 saturated heterocycles. The van der Waals surface area contributed by atoms with E-state index in [-0.39, 0.29) is 6.10 Å². The zero-order valence-electron chi connectivity index (χ0n) is 16.8. The molecule has 2 N–H and O–H groups in total. The Bertz CT molecular complexity index is 372. The molecule has 0 aliphatic carbocycles. The zero-order valence-corrected chi connectivity index (χ0v) is 16.8. The van der Waals surface area contributed by atoms with E-state index in [1.807, 2.05) is 0 Å². The number of rotatable bonds is 19. The minimum Gasteiger partial charge on any atom is -0.389 e. The van der Waals surface area contributed by atoms with E-state index in [1.165, 1.54) is 0 Å². The number of ether oxygens (including phenoxy) is 4. The van der Waals surface area contributed by atoms with Crippen LogP contribution in [0, 0.1) is 0 Å². The van der Waals surface area contributed by atoms with Gasteiger partial charge in [0.2, 0.25) is 0 Å². The molecule has 27 heavy (non-hydrogen) atoms. The van der Waals surface area contributed by atoms with Gasteiger partial charge in [-0.15, -0.1) is 0 Å². The van der Waals surface area contributed by atoms with Crippen LogP contribution in [-0.4, -0.2) is 124 Å². The van der Waals surface area contributed by atoms with Gasteiger partial charge in [-0.05, 0) is 19.8 Å². The minimum atomic E-state index is -0.396. The largest absolute Gasteiger partial charge is 0.389 e. The summed E-state index contributed by atoms with van der Waals surface area (Å²) in [6.45, 7) is 11.3. The van der Waals surface area contributed by atoms with Crippen molar-refractivity contribution in [2.24, 2.45) is 0 Å². The van der Waals surface area contributed by atoms with Crippen LogP contribution in [0.5, 0.6) is 0 Å². The van der Waals surface area contributed by atoms with Crippen molar-refractivity contribution < 1.29 is 29.2 Å². The van der Waals surface area contributed by atoms with E-state index in [0.29, 0.717) is 65.4 Å². The van der Waals surface area contributed by atoms with Gasteiger partial charge in [-0.2, -0.15) is 0 Å². The summed E-state index contributed by atoms with van der Waals surface area (Å²) in [5, 5.41) is 19.5. The first-order chi connectivity index (χ1) is 13.1. The second-order valence-corrected chi connectivity index (χ2v) is 7.49. The molecule has 0 spiro atoms. The van der Waals surface area contributed by atoms with Gasteiger partial charge >= 0.3 is 0 Å². The third-order valence-electron chi connectivity index (χ3n) is 4.59. The van der Waals surface area contributed by atoms with Crippen molar-refractivity contribution in [1.82, 2.24) is 9.80 Å². The van der Waals surface area contributed by atoms with E-state index in [4.69, 9.17) is 18.9 Å². The first kappa shape index (κ1) is 23.0. The number of hydrogen-bond donors (Lipinski definition) is 2. The molecule has 4 unspecified atom stereocenters. The smallest absolute Gasteiger partial charge is 0.0900 e. The maximum Gasteiger partial charge on any atom is 0.0900 e. The Morgan fingerprint density at radius 2 is 1.26 bits per heavy atom. The lowest BCUT2D eigenvalue weighted by Gasteiger charge is -2.12. The van der Waals surface area contributed by atoms with Crippen LogP contribution in [0.4, 0.5) is 0 Å². The van der Waals surface area contributed by atoms with Crippen molar-refractivity contribution in [3.8, 4) is 0 Å². The number of nitrogens with zero attached hydrogens (tertiary/aromatic N) is 2. The van der Waals surface area contributed by atoms with Crippen LogP contribution in [0.15, 0.2) is 0 Å². The molecule has 2 aliphatic rings. The quantitative estimate of drug-likeness (QED) is 0.227. The molecule has 8 heteroatoms. The van der Waals surface area contributed by atoms with E-state index < -0.39 is 6.10 Å². The van der Waals surface area contributed by atoms with E-state index in [9.17, 15) is 10.2 Å². The van der Waals surface area contributed by atoms with Crippen LogP contribution < -0.4 is 0 Å². The van der Waals surface area contributed by atoms with Gasteiger partial charge in [-0.1, -0.05) is 0 Å². The summed E-state index contributed by atoms with van der Waals surface area (Å²) in [6, 6.07) is 0.617. The van der Waals surface area contributed by atoms with Crippen molar-refractivity contribution in [2.45, 2.75) is 38.0 Å². The van der Waals surface area contributed by atoms with E-state index in [2.05, 4.69) is 16.7 Å². The van der Waals surface area contributed by atoms with E-state index in [0.717, 1.165) is 39.0 Å². The highest BCUT2D eigenvalue weighted by Gasteiger charge is 2.30. The predicted octanol–water partition coefficient (Wildman–Crippen LogP) is -0.425. The van der Waals surface area contributed by atoms with Gasteiger partial charge in [0.15, 0.2) is 0 Å². The molecule has 0 aromatic rings. The van der Waals surface area contributed by atoms with Crippen molar-refractivity contribution in [1.29, 1.82) is 0 Å². The van der Waals surface area contributed by atoms with Crippen molar-refractivity contribution in [3.05, 3.63) is 0 Å². The molecule has 0 aromatic heterocycles. The van der Waals surface area contributed by atoms with Crippen molar-refractivity contribution >= 4 is 0 Å². The van der Waals surface area contributed by atoms with Crippen molar-refractivity contribution in [3.63, 3.8) is 0 Å². The van der Waals surface area contributed by atoms with Gasteiger partial charge in [-0.3, -0.25) is 9.80 Å². The Balaban J connectivity index is 1.21. The number of β-amino-alcohol motifs (C(OH)–C–C–N with tert-alkyl or cyclic N) is 2. The highest BCUT2D eigenvalue weighted by atomic mass is 16.5. The van der Waals surface area contributed by atoms with Gasteiger partial charge < -0.3 is 29.2 Å². The third kappa shape index (κ3) is 12.7. The fourth-order valence-electron chi connectivity index (χ4n) is 2.76. The summed E-state index contributed by atoms with van der Waals surface area (Å²) in [7, 11) is 0. The summed E-state index contributed by atoms with van der Waals surface area (Å²) in [6.07, 6.45) is 0.865. The highest BCUT2D eigenvalue weighted by Crippen LogP contribution is 2.15. The number of hydrogen-bond acceptors (Lipinski definition) is 8. The molecule has 2 rings (SSSR count). The fourth-order valence-corrected chi connectivity index (χ4v) is 2.76. The standard InChI is InChI=1S/C19H38N2O6/c1-17-12-21(17)14-19(23)16-27-9-3-7-25-11-10-24-6-2-8-26-15-18(22)13-20-4-5-20/h17-19,22-23H,2-16H2,1H3. The van der Waals surface area contributed by atoms with Gasteiger partial charge in [-0.25, -0.2) is 0 Å². The normalized spacial score (nSPS) is 24.1. The first-order valence-electron chi connectivity index (χ1n) is 10.3. The zero-order chi connectivity index (χ0) is 19.3. The molecular weight excluding hydrogens is 352 g/mol. The molecule has 0 saturated carbocycles. The Morgan fingerprint density at radius 3 is 1.74 bits per heavy atom. The summed E-state index contributed by atoms with van der Waals surface area (Å²) >= 11 is 0. The van der Waals surface area contributed by atoms with Crippen LogP contribution in [0.2, 0.25) is 0 Å². The maximum atomic E-state index is 9.78. The Morgan fingerprint density at radius 1 is 0.778 bits per heavy atom. The summed E-state index contributed by atoms with van der Waals surface area (Å²) in [4.78, 5) is 4.40. The summed E-state index contributed by atoms with van der Waals surface area (Å²) in [5.74, 6) is 0. The molecule has 4 atom stereocenters. The van der Waals surface area contributed by atoms with Crippen LogP contribution in [0.25, 0.3) is 0 Å². The molecule has 0 radical (unpaired) electrons. The lowest BCUT2D eigenvalue weighted by Crippen LogP contribution is -2.25. The second kappa shape index (κ2) is 13.8. The van der Waals surface area contributed by atoms with E-state index in [1.54, 1.807) is 0 Å². The molecule has 2 fully saturated rings. The summed E-state index contributed by atoms with van der Waals surface area (Å²) < 4.78 is 21.9. The van der Waals surface area contributed by atoms with Gasteiger partial charge in [0, 0.05) is 65.2 Å². The predicted molar refractivity (Wildman–Crippen MR) is 102 cm³/mol. The van der Waals surface area contributed by atoms with Crippen LogP contribution in [-0.2, 0) is 18.9 Å². The highest BCUT2D eigenvalue weighted by molar-refractivity contribution is 4.86. The molecule has 2 heterocycles. The molecule has 0 bridgehead atoms. The molecule has 2 aliphatic heterocycles. The molecule has 0 aromatic carbocycles. The Kier molecular flexibility index (Phi) is 11.7. The van der Waals surface area contributed by atoms with E-state index >= 15 is 0 Å². The van der Waals surface area contributed by atoms with Crippen molar-refractivity contribution in [2.75, 3.05) is 85.6 Å². The molecular formula is C19H38N2O6. The monoisotopic (exact) mass is 390 g/mol. The second-order valence-electron chi connectivity index (χ2n) is 7.49. The molecule has 8 nitrogen and oxygen atoms in total.